The van der Waals surface area contributed by atoms with Gasteiger partial charge in [0.25, 0.3) is 5.91 Å². The minimum absolute atomic E-state index is 0.0902. The van der Waals surface area contributed by atoms with Gasteiger partial charge in [-0.1, -0.05) is 12.1 Å². The number of nitrogens with one attached hydrogen (secondary N) is 3. The second-order valence-corrected chi connectivity index (χ2v) is 7.86. The number of nitrogens with zero attached hydrogens (tertiary/aromatic N) is 1. The number of carbonyl (C=O) groups excluding carboxylic acids is 2. The average molecular weight is 506 g/mol. The number of hydrogen-bond donors (Lipinski definition) is 6. The van der Waals surface area contributed by atoms with Crippen LogP contribution in [0.1, 0.15) is 21.5 Å². The molecule has 3 rings (SSSR count). The van der Waals surface area contributed by atoms with Gasteiger partial charge < -0.3 is 20.3 Å². The normalized spacial score (nSPS) is 10.1. The summed E-state index contributed by atoms with van der Waals surface area (Å²) in [6.45, 7) is 0. The highest BCUT2D eigenvalue weighted by molar-refractivity contribution is 7.97. The summed E-state index contributed by atoms with van der Waals surface area (Å²) in [6, 6.07) is 14.8. The number of nitrogens with two attached hydrogens (primary N) is 1. The standard InChI is InChI=1S/C24H19N5O6S/c1-35-24(34)28-14-5-3-13(4-6-14)15-9-19(30)17(10-20(15)36-27)21(26)22(31)29-18-7-2-12(11-25)8-16(18)23(32)33/h2-10,26,30H,27H2,1H3,(H,28,34)(H,29,31)(H,32,33). The Bertz CT molecular complexity index is 1420. The first-order valence-electron chi connectivity index (χ1n) is 10.0. The fraction of sp³-hybridized carbons (Fsp3) is 0.0417. The fourth-order valence-electron chi connectivity index (χ4n) is 3.20. The molecule has 0 aliphatic rings. The van der Waals surface area contributed by atoms with Gasteiger partial charge in [0.2, 0.25) is 0 Å². The molecule has 3 aromatic rings. The number of amides is 2. The van der Waals surface area contributed by atoms with Crippen LogP contribution in [0, 0.1) is 16.7 Å². The van der Waals surface area contributed by atoms with Crippen LogP contribution in [0.3, 0.4) is 0 Å². The van der Waals surface area contributed by atoms with Gasteiger partial charge in [-0.05, 0) is 60.0 Å². The van der Waals surface area contributed by atoms with Gasteiger partial charge in [0.1, 0.15) is 11.5 Å². The van der Waals surface area contributed by atoms with E-state index in [4.69, 9.17) is 15.8 Å². The van der Waals surface area contributed by atoms with E-state index in [0.29, 0.717) is 21.7 Å². The second kappa shape index (κ2) is 11.0. The van der Waals surface area contributed by atoms with Crippen molar-refractivity contribution in [1.29, 1.82) is 10.7 Å². The Kier molecular flexibility index (Phi) is 7.90. The van der Waals surface area contributed by atoms with E-state index in [2.05, 4.69) is 15.4 Å². The Hall–Kier alpha value is -4.86. The number of nitriles is 1. The number of phenols is 1. The Balaban J connectivity index is 1.89. The van der Waals surface area contributed by atoms with Crippen molar-refractivity contribution in [3.63, 3.8) is 0 Å². The van der Waals surface area contributed by atoms with Gasteiger partial charge >= 0.3 is 12.1 Å². The van der Waals surface area contributed by atoms with Gasteiger partial charge in [0.15, 0.2) is 0 Å². The number of benzene rings is 3. The van der Waals surface area contributed by atoms with Crippen molar-refractivity contribution in [2.45, 2.75) is 4.90 Å². The highest BCUT2D eigenvalue weighted by Crippen LogP contribution is 2.35. The van der Waals surface area contributed by atoms with Crippen LogP contribution in [0.2, 0.25) is 0 Å². The zero-order valence-electron chi connectivity index (χ0n) is 18.7. The van der Waals surface area contributed by atoms with Crippen LogP contribution < -0.4 is 15.8 Å². The lowest BCUT2D eigenvalue weighted by Crippen LogP contribution is -2.24. The molecule has 12 heteroatoms. The molecule has 0 unspecified atom stereocenters. The number of anilines is 2. The SMILES string of the molecule is COC(=O)Nc1ccc(-c2cc(O)c(C(=N)C(=O)Nc3ccc(C#N)cc3C(=O)O)cc2SN)cc1. The first-order chi connectivity index (χ1) is 17.2. The molecule has 0 aromatic heterocycles. The molecule has 0 radical (unpaired) electrons. The Morgan fingerprint density at radius 2 is 1.75 bits per heavy atom. The van der Waals surface area contributed by atoms with Crippen molar-refractivity contribution in [2.24, 2.45) is 5.14 Å². The number of carboxylic acids is 1. The van der Waals surface area contributed by atoms with E-state index < -0.39 is 23.7 Å². The second-order valence-electron chi connectivity index (χ2n) is 7.18. The molecule has 182 valence electrons. The molecule has 0 fully saturated rings. The number of hydrogen-bond acceptors (Lipinski definition) is 9. The Labute approximate surface area is 209 Å². The van der Waals surface area contributed by atoms with Gasteiger partial charge in [-0.3, -0.25) is 20.7 Å². The number of rotatable bonds is 7. The molecular weight excluding hydrogens is 486 g/mol. The number of carbonyl (C=O) groups is 3. The molecule has 7 N–H and O–H groups in total. The van der Waals surface area contributed by atoms with Crippen LogP contribution in [0.5, 0.6) is 5.75 Å². The minimum Gasteiger partial charge on any atom is -0.507 e. The third-order valence-corrected chi connectivity index (χ3v) is 5.57. The Morgan fingerprint density at radius 1 is 1.06 bits per heavy atom. The van der Waals surface area contributed by atoms with E-state index in [1.54, 1.807) is 24.3 Å². The van der Waals surface area contributed by atoms with E-state index >= 15 is 0 Å². The molecule has 0 atom stereocenters. The molecule has 3 aromatic carbocycles. The fourth-order valence-corrected chi connectivity index (χ4v) is 3.69. The molecular formula is C24H19N5O6S. The maximum atomic E-state index is 12.7. The summed E-state index contributed by atoms with van der Waals surface area (Å²) in [5, 5.41) is 47.9. The van der Waals surface area contributed by atoms with Crippen molar-refractivity contribution >= 4 is 47.0 Å². The molecule has 0 saturated heterocycles. The van der Waals surface area contributed by atoms with E-state index in [1.807, 2.05) is 6.07 Å². The zero-order valence-corrected chi connectivity index (χ0v) is 19.5. The van der Waals surface area contributed by atoms with Crippen LogP contribution in [0.15, 0.2) is 59.5 Å². The van der Waals surface area contributed by atoms with E-state index in [1.165, 1.54) is 31.4 Å². The summed E-state index contributed by atoms with van der Waals surface area (Å²) in [6.07, 6.45) is -0.628. The van der Waals surface area contributed by atoms with Crippen molar-refractivity contribution in [2.75, 3.05) is 17.7 Å². The van der Waals surface area contributed by atoms with Gasteiger partial charge in [-0.15, -0.1) is 0 Å². The topological polar surface area (TPSA) is 199 Å². The number of aromatic hydroxyl groups is 1. The number of aromatic carboxylic acids is 1. The summed E-state index contributed by atoms with van der Waals surface area (Å²) >= 11 is 0.838. The zero-order chi connectivity index (χ0) is 26.4. The summed E-state index contributed by atoms with van der Waals surface area (Å²) in [5.41, 5.74) is 0.537. The summed E-state index contributed by atoms with van der Waals surface area (Å²) in [4.78, 5) is 36.0. The van der Waals surface area contributed by atoms with Crippen molar-refractivity contribution in [1.82, 2.24) is 0 Å². The number of ether oxygens (including phenoxy) is 1. The lowest BCUT2D eigenvalue weighted by atomic mass is 10.00. The van der Waals surface area contributed by atoms with Crippen molar-refractivity contribution in [3.8, 4) is 22.9 Å². The first kappa shape index (κ1) is 25.8. The molecule has 0 aliphatic carbocycles. The lowest BCUT2D eigenvalue weighted by molar-refractivity contribution is -0.110. The highest BCUT2D eigenvalue weighted by Gasteiger charge is 2.21. The van der Waals surface area contributed by atoms with Crippen LogP contribution >= 0.6 is 11.9 Å². The molecule has 2 amide bonds. The third kappa shape index (κ3) is 5.61. The smallest absolute Gasteiger partial charge is 0.411 e. The molecule has 0 spiro atoms. The quantitative estimate of drug-likeness (QED) is 0.204. The van der Waals surface area contributed by atoms with Gasteiger partial charge in [0.05, 0.1) is 30.0 Å². The number of carboxylic acid groups (broad SMARTS) is 1. The van der Waals surface area contributed by atoms with E-state index in [9.17, 15) is 24.6 Å². The maximum absolute atomic E-state index is 12.7. The molecule has 0 heterocycles. The van der Waals surface area contributed by atoms with Crippen molar-refractivity contribution in [3.05, 3.63) is 71.3 Å². The summed E-state index contributed by atoms with van der Waals surface area (Å²) < 4.78 is 4.54. The van der Waals surface area contributed by atoms with Gasteiger partial charge in [-0.2, -0.15) is 5.26 Å². The first-order valence-corrected chi connectivity index (χ1v) is 10.9. The van der Waals surface area contributed by atoms with E-state index in [-0.39, 0.29) is 28.1 Å². The van der Waals surface area contributed by atoms with Crippen molar-refractivity contribution < 1.29 is 29.3 Å². The van der Waals surface area contributed by atoms with Crippen LogP contribution in [0.25, 0.3) is 11.1 Å². The number of phenolic OH excluding ortho intramolecular Hbond substituents is 1. The number of methoxy groups -OCH3 is 1. The predicted octanol–water partition coefficient (Wildman–Crippen LogP) is 3.78. The molecule has 36 heavy (non-hydrogen) atoms. The van der Waals surface area contributed by atoms with Crippen LogP contribution in [-0.4, -0.2) is 41.0 Å². The lowest BCUT2D eigenvalue weighted by Gasteiger charge is -2.14. The third-order valence-electron chi connectivity index (χ3n) is 4.98. The molecule has 0 saturated carbocycles. The Morgan fingerprint density at radius 3 is 2.33 bits per heavy atom. The van der Waals surface area contributed by atoms with Crippen LogP contribution in [-0.2, 0) is 9.53 Å². The monoisotopic (exact) mass is 505 g/mol. The summed E-state index contributed by atoms with van der Waals surface area (Å²) in [7, 11) is 1.24. The highest BCUT2D eigenvalue weighted by atomic mass is 32.2. The maximum Gasteiger partial charge on any atom is 0.411 e. The minimum atomic E-state index is -1.37. The average Bonchev–Trinajstić information content (AvgIpc) is 2.88. The largest absolute Gasteiger partial charge is 0.507 e. The summed E-state index contributed by atoms with van der Waals surface area (Å²) in [5.74, 6) is -2.72. The molecule has 0 aliphatic heterocycles. The van der Waals surface area contributed by atoms with Gasteiger partial charge in [0, 0.05) is 21.7 Å². The van der Waals surface area contributed by atoms with Crippen LogP contribution in [0.4, 0.5) is 16.2 Å². The molecule has 11 nitrogen and oxygen atoms in total. The molecule has 0 bridgehead atoms. The van der Waals surface area contributed by atoms with Gasteiger partial charge in [-0.25, -0.2) is 9.59 Å². The van der Waals surface area contributed by atoms with E-state index in [0.717, 1.165) is 18.0 Å². The predicted molar refractivity (Wildman–Crippen MR) is 133 cm³/mol.